The number of hydrogen-bond acceptors (Lipinski definition) is 8. The SMILES string of the molecule is N#Cc1c(S)cccc1Oc1ccc(S(=O)(=O)NCCCCCC(=O)CCCCCCCCCNCCCN)cc1. The van der Waals surface area contributed by atoms with Crippen LogP contribution in [-0.2, 0) is 14.8 Å². The van der Waals surface area contributed by atoms with Crippen molar-refractivity contribution in [3.8, 4) is 17.6 Å². The van der Waals surface area contributed by atoms with Crippen LogP contribution in [-0.4, -0.2) is 40.4 Å². The number of sulfonamides is 1. The number of benzene rings is 2. The van der Waals surface area contributed by atoms with E-state index in [0.29, 0.717) is 53.5 Å². The molecule has 0 heterocycles. The lowest BCUT2D eigenvalue weighted by Gasteiger charge is -2.10. The van der Waals surface area contributed by atoms with E-state index < -0.39 is 10.0 Å². The van der Waals surface area contributed by atoms with Gasteiger partial charge in [0.2, 0.25) is 10.0 Å². The van der Waals surface area contributed by atoms with Gasteiger partial charge in [-0.05, 0) is 88.1 Å². The number of hydrogen-bond donors (Lipinski definition) is 4. The summed E-state index contributed by atoms with van der Waals surface area (Å²) in [5.74, 6) is 1.08. The summed E-state index contributed by atoms with van der Waals surface area (Å²) in [6.45, 7) is 3.15. The lowest BCUT2D eigenvalue weighted by atomic mass is 10.0. The Hall–Kier alpha value is -2.42. The minimum absolute atomic E-state index is 0.138. The van der Waals surface area contributed by atoms with Crippen molar-refractivity contribution < 1.29 is 17.9 Å². The highest BCUT2D eigenvalue weighted by molar-refractivity contribution is 7.89. The summed E-state index contributed by atoms with van der Waals surface area (Å²) in [6.07, 6.45) is 12.7. The molecule has 0 radical (unpaired) electrons. The molecule has 0 bridgehead atoms. The Morgan fingerprint density at radius 3 is 2.07 bits per heavy atom. The average Bonchev–Trinajstić information content (AvgIpc) is 2.96. The third kappa shape index (κ3) is 14.3. The van der Waals surface area contributed by atoms with Gasteiger partial charge >= 0.3 is 0 Å². The van der Waals surface area contributed by atoms with Gasteiger partial charge in [0.1, 0.15) is 28.9 Å². The average molecular weight is 603 g/mol. The van der Waals surface area contributed by atoms with Gasteiger partial charge in [-0.3, -0.25) is 4.79 Å². The van der Waals surface area contributed by atoms with Gasteiger partial charge < -0.3 is 15.8 Å². The quantitative estimate of drug-likeness (QED) is 0.0891. The van der Waals surface area contributed by atoms with Crippen LogP contribution in [0.5, 0.6) is 11.5 Å². The number of carbonyl (C=O) groups is 1. The van der Waals surface area contributed by atoms with Gasteiger partial charge in [0.15, 0.2) is 0 Å². The van der Waals surface area contributed by atoms with Crippen LogP contribution in [0.2, 0.25) is 0 Å². The Morgan fingerprint density at radius 2 is 1.41 bits per heavy atom. The molecule has 0 aliphatic heterocycles. The van der Waals surface area contributed by atoms with Crippen LogP contribution in [0, 0.1) is 11.3 Å². The summed E-state index contributed by atoms with van der Waals surface area (Å²) in [6, 6.07) is 13.2. The molecule has 41 heavy (non-hydrogen) atoms. The van der Waals surface area contributed by atoms with Crippen LogP contribution < -0.4 is 20.5 Å². The van der Waals surface area contributed by atoms with Crippen molar-refractivity contribution in [1.29, 1.82) is 5.26 Å². The molecule has 10 heteroatoms. The zero-order valence-corrected chi connectivity index (χ0v) is 25.8. The summed E-state index contributed by atoms with van der Waals surface area (Å²) in [4.78, 5) is 12.8. The topological polar surface area (TPSA) is 134 Å². The number of nitriles is 1. The smallest absolute Gasteiger partial charge is 0.240 e. The minimum atomic E-state index is -3.65. The maximum absolute atomic E-state index is 12.6. The van der Waals surface area contributed by atoms with Crippen LogP contribution in [0.25, 0.3) is 0 Å². The van der Waals surface area contributed by atoms with Gasteiger partial charge in [-0.2, -0.15) is 5.26 Å². The Labute approximate surface area is 251 Å². The van der Waals surface area contributed by atoms with Crippen LogP contribution in [0.1, 0.15) is 89.0 Å². The molecule has 0 fully saturated rings. The Balaban J connectivity index is 1.52. The largest absolute Gasteiger partial charge is 0.456 e. The van der Waals surface area contributed by atoms with Gasteiger partial charge in [0.25, 0.3) is 0 Å². The summed E-state index contributed by atoms with van der Waals surface area (Å²) in [7, 11) is -3.65. The van der Waals surface area contributed by atoms with E-state index >= 15 is 0 Å². The summed E-state index contributed by atoms with van der Waals surface area (Å²) < 4.78 is 33.6. The van der Waals surface area contributed by atoms with Gasteiger partial charge in [-0.25, -0.2) is 13.1 Å². The van der Waals surface area contributed by atoms with Gasteiger partial charge in [0.05, 0.1) is 4.90 Å². The molecular weight excluding hydrogens is 556 g/mol. The molecule has 2 rings (SSSR count). The summed E-state index contributed by atoms with van der Waals surface area (Å²) >= 11 is 4.26. The van der Waals surface area contributed by atoms with Gasteiger partial charge in [-0.1, -0.05) is 44.6 Å². The van der Waals surface area contributed by atoms with Crippen molar-refractivity contribution in [2.24, 2.45) is 5.73 Å². The van der Waals surface area contributed by atoms with E-state index in [1.54, 1.807) is 30.3 Å². The van der Waals surface area contributed by atoms with E-state index in [1.165, 1.54) is 44.2 Å². The van der Waals surface area contributed by atoms with E-state index in [4.69, 9.17) is 10.5 Å². The molecule has 2 aromatic rings. The molecule has 2 aromatic carbocycles. The lowest BCUT2D eigenvalue weighted by Crippen LogP contribution is -2.24. The molecule has 8 nitrogen and oxygen atoms in total. The molecule has 0 saturated carbocycles. The standard InChI is InChI=1S/C31H46N4O4S2/c32-21-12-23-34-22-9-5-3-1-2-4-7-13-26(36)14-8-6-10-24-35-41(37,38)28-19-17-27(18-20-28)39-30-15-11-16-31(40)29(30)25-33/h11,15-20,34-35,40H,1-10,12-14,21-24,32H2. The first-order valence-corrected chi connectivity index (χ1v) is 16.7. The van der Waals surface area contributed by atoms with Gasteiger partial charge in [0, 0.05) is 24.3 Å². The molecule has 0 amide bonds. The second-order valence-electron chi connectivity index (χ2n) is 10.2. The van der Waals surface area contributed by atoms with Crippen LogP contribution >= 0.6 is 12.6 Å². The maximum atomic E-state index is 12.6. The zero-order valence-electron chi connectivity index (χ0n) is 24.1. The second kappa shape index (κ2) is 20.5. The maximum Gasteiger partial charge on any atom is 0.240 e. The van der Waals surface area contributed by atoms with Crippen molar-refractivity contribution in [2.75, 3.05) is 26.2 Å². The number of nitrogens with one attached hydrogen (secondary N) is 2. The fraction of sp³-hybridized carbons (Fsp3) is 0.548. The number of nitrogens with two attached hydrogens (primary N) is 1. The third-order valence-electron chi connectivity index (χ3n) is 6.77. The first-order chi connectivity index (χ1) is 19.9. The predicted molar refractivity (Wildman–Crippen MR) is 167 cm³/mol. The monoisotopic (exact) mass is 602 g/mol. The molecule has 0 aliphatic carbocycles. The van der Waals surface area contributed by atoms with E-state index in [9.17, 15) is 18.5 Å². The van der Waals surface area contributed by atoms with Crippen LogP contribution in [0.15, 0.2) is 52.3 Å². The predicted octanol–water partition coefficient (Wildman–Crippen LogP) is 6.11. The first kappa shape index (κ1) is 34.8. The van der Waals surface area contributed by atoms with Crippen molar-refractivity contribution in [3.63, 3.8) is 0 Å². The first-order valence-electron chi connectivity index (χ1n) is 14.8. The number of nitrogens with zero attached hydrogens (tertiary/aromatic N) is 1. The van der Waals surface area contributed by atoms with Crippen molar-refractivity contribution in [3.05, 3.63) is 48.0 Å². The van der Waals surface area contributed by atoms with Crippen LogP contribution in [0.4, 0.5) is 0 Å². The number of thiol groups is 1. The van der Waals surface area contributed by atoms with Gasteiger partial charge in [-0.15, -0.1) is 12.6 Å². The highest BCUT2D eigenvalue weighted by Gasteiger charge is 2.14. The zero-order chi connectivity index (χ0) is 29.8. The van der Waals surface area contributed by atoms with Crippen molar-refractivity contribution >= 4 is 28.4 Å². The normalized spacial score (nSPS) is 11.3. The van der Waals surface area contributed by atoms with E-state index in [2.05, 4.69) is 28.7 Å². The molecule has 226 valence electrons. The van der Waals surface area contributed by atoms with E-state index in [-0.39, 0.29) is 4.90 Å². The van der Waals surface area contributed by atoms with Crippen molar-refractivity contribution in [1.82, 2.24) is 10.0 Å². The number of unbranched alkanes of at least 4 members (excludes halogenated alkanes) is 8. The number of ether oxygens (including phenoxy) is 1. The molecule has 0 atom stereocenters. The number of Topliss-reactive ketones (excluding diaryl/α,β-unsaturated/α-hetero) is 1. The fourth-order valence-electron chi connectivity index (χ4n) is 4.38. The summed E-state index contributed by atoms with van der Waals surface area (Å²) in [5, 5.41) is 12.7. The second-order valence-corrected chi connectivity index (χ2v) is 12.4. The highest BCUT2D eigenvalue weighted by atomic mass is 32.2. The molecule has 0 unspecified atom stereocenters. The fourth-order valence-corrected chi connectivity index (χ4v) is 5.70. The third-order valence-corrected chi connectivity index (χ3v) is 8.62. The number of rotatable bonds is 23. The Morgan fingerprint density at radius 1 is 0.829 bits per heavy atom. The number of ketones is 1. The molecule has 0 saturated heterocycles. The molecule has 0 aliphatic rings. The Bertz CT molecular complexity index is 1180. The molecule has 4 N–H and O–H groups in total. The lowest BCUT2D eigenvalue weighted by molar-refractivity contribution is -0.119. The number of carbonyl (C=O) groups excluding carboxylic acids is 1. The highest BCUT2D eigenvalue weighted by Crippen LogP contribution is 2.29. The van der Waals surface area contributed by atoms with Crippen LogP contribution in [0.3, 0.4) is 0 Å². The summed E-state index contributed by atoms with van der Waals surface area (Å²) in [5.41, 5.74) is 5.79. The molecular formula is C31H46N4O4S2. The van der Waals surface area contributed by atoms with E-state index in [1.807, 2.05) is 0 Å². The van der Waals surface area contributed by atoms with Crippen molar-refractivity contribution in [2.45, 2.75) is 93.3 Å². The minimum Gasteiger partial charge on any atom is -0.456 e. The Kier molecular flexibility index (Phi) is 17.4. The molecule has 0 aromatic heterocycles. The molecule has 0 spiro atoms. The van der Waals surface area contributed by atoms with E-state index in [0.717, 1.165) is 51.7 Å².